The van der Waals surface area contributed by atoms with Crippen molar-refractivity contribution in [3.8, 4) is 17.6 Å². The molecule has 1 aromatic carbocycles. The van der Waals surface area contributed by atoms with Crippen LogP contribution in [0.2, 0.25) is 0 Å². The van der Waals surface area contributed by atoms with Crippen LogP contribution in [0.1, 0.15) is 37.7 Å². The molecule has 102 valence electrons. The largest absolute Gasteiger partial charge is 0.490 e. The van der Waals surface area contributed by atoms with Crippen LogP contribution in [0.4, 0.5) is 4.39 Å². The molecular weight excluding hydrogens is 263 g/mol. The Labute approximate surface area is 119 Å². The Bertz CT molecular complexity index is 469. The Morgan fingerprint density at radius 3 is 2.84 bits per heavy atom. The predicted molar refractivity (Wildman–Crippen MR) is 76.1 cm³/mol. The lowest BCUT2D eigenvalue weighted by Gasteiger charge is -2.12. The Morgan fingerprint density at radius 1 is 1.32 bits per heavy atom. The lowest BCUT2D eigenvalue weighted by Crippen LogP contribution is -2.09. The van der Waals surface area contributed by atoms with Gasteiger partial charge in [-0.2, -0.15) is 0 Å². The fraction of sp³-hybridized carbons (Fsp3) is 0.500. The van der Waals surface area contributed by atoms with Crippen molar-refractivity contribution in [1.82, 2.24) is 0 Å². The highest BCUT2D eigenvalue weighted by atomic mass is 35.5. The molecule has 0 radical (unpaired) electrons. The van der Waals surface area contributed by atoms with E-state index in [2.05, 4.69) is 11.8 Å². The number of hydrogen-bond acceptors (Lipinski definition) is 1. The maximum atomic E-state index is 13.6. The van der Waals surface area contributed by atoms with Crippen molar-refractivity contribution in [1.29, 1.82) is 0 Å². The van der Waals surface area contributed by atoms with Gasteiger partial charge in [0.15, 0.2) is 11.6 Å². The van der Waals surface area contributed by atoms with Crippen LogP contribution in [0.5, 0.6) is 5.75 Å². The SMILES string of the molecule is Fc1ccc(C#CCCCl)cc1OCC1CCCC1. The highest BCUT2D eigenvalue weighted by molar-refractivity contribution is 6.18. The van der Waals surface area contributed by atoms with E-state index < -0.39 is 0 Å². The molecule has 0 amide bonds. The second-order valence-corrected chi connectivity index (χ2v) is 5.23. The molecule has 1 aliphatic carbocycles. The van der Waals surface area contributed by atoms with Crippen LogP contribution in [-0.4, -0.2) is 12.5 Å². The summed E-state index contributed by atoms with van der Waals surface area (Å²) in [6, 6.07) is 4.75. The van der Waals surface area contributed by atoms with Crippen LogP contribution in [0.15, 0.2) is 18.2 Å². The second kappa shape index (κ2) is 7.40. The maximum absolute atomic E-state index is 13.6. The Morgan fingerprint density at radius 2 is 2.11 bits per heavy atom. The molecule has 1 aliphatic rings. The summed E-state index contributed by atoms with van der Waals surface area (Å²) in [4.78, 5) is 0. The summed E-state index contributed by atoms with van der Waals surface area (Å²) in [5.74, 6) is 6.97. The van der Waals surface area contributed by atoms with Gasteiger partial charge in [0.2, 0.25) is 0 Å². The van der Waals surface area contributed by atoms with Crippen LogP contribution in [-0.2, 0) is 0 Å². The highest BCUT2D eigenvalue weighted by Gasteiger charge is 2.16. The Kier molecular flexibility index (Phi) is 5.54. The van der Waals surface area contributed by atoms with Crippen molar-refractivity contribution >= 4 is 11.6 Å². The first-order valence-electron chi connectivity index (χ1n) is 6.77. The van der Waals surface area contributed by atoms with Gasteiger partial charge >= 0.3 is 0 Å². The minimum absolute atomic E-state index is 0.310. The average molecular weight is 281 g/mol. The molecule has 1 saturated carbocycles. The van der Waals surface area contributed by atoms with Gasteiger partial charge < -0.3 is 4.74 Å². The van der Waals surface area contributed by atoms with Gasteiger partial charge in [0.1, 0.15) is 0 Å². The lowest BCUT2D eigenvalue weighted by atomic mass is 10.1. The van der Waals surface area contributed by atoms with Crippen LogP contribution < -0.4 is 4.74 Å². The molecule has 1 nitrogen and oxygen atoms in total. The van der Waals surface area contributed by atoms with Crippen LogP contribution in [0.25, 0.3) is 0 Å². The van der Waals surface area contributed by atoms with Crippen LogP contribution in [0, 0.1) is 23.6 Å². The number of halogens is 2. The van der Waals surface area contributed by atoms with E-state index in [1.165, 1.54) is 31.7 Å². The van der Waals surface area contributed by atoms with E-state index in [4.69, 9.17) is 16.3 Å². The molecule has 2 rings (SSSR count). The third-order valence-corrected chi connectivity index (χ3v) is 3.52. The molecule has 0 unspecified atom stereocenters. The molecular formula is C16H18ClFO. The van der Waals surface area contributed by atoms with Crippen molar-refractivity contribution in [2.75, 3.05) is 12.5 Å². The fourth-order valence-corrected chi connectivity index (χ4v) is 2.38. The molecule has 0 N–H and O–H groups in total. The molecule has 0 atom stereocenters. The summed E-state index contributed by atoms with van der Waals surface area (Å²) in [7, 11) is 0. The minimum atomic E-state index is -0.319. The standard InChI is InChI=1S/C16H18ClFO/c17-10-4-3-5-13-8-9-15(18)16(11-13)19-12-14-6-1-2-7-14/h8-9,11,14H,1-2,4,6-7,10,12H2. The predicted octanol–water partition coefficient (Wildman–Crippen LogP) is 4.38. The zero-order chi connectivity index (χ0) is 13.5. The second-order valence-electron chi connectivity index (χ2n) is 4.85. The first-order valence-corrected chi connectivity index (χ1v) is 7.30. The third-order valence-electron chi connectivity index (χ3n) is 3.33. The summed E-state index contributed by atoms with van der Waals surface area (Å²) in [5, 5.41) is 0. The topological polar surface area (TPSA) is 9.23 Å². The van der Waals surface area contributed by atoms with Gasteiger partial charge in [-0.3, -0.25) is 0 Å². The lowest BCUT2D eigenvalue weighted by molar-refractivity contribution is 0.242. The number of alkyl halides is 1. The van der Waals surface area contributed by atoms with Gasteiger partial charge in [-0.15, -0.1) is 11.6 Å². The van der Waals surface area contributed by atoms with E-state index in [1.807, 2.05) is 0 Å². The van der Waals surface area contributed by atoms with E-state index in [1.54, 1.807) is 12.1 Å². The number of hydrogen-bond donors (Lipinski definition) is 0. The van der Waals surface area contributed by atoms with E-state index in [9.17, 15) is 4.39 Å². The summed E-state index contributed by atoms with van der Waals surface area (Å²) in [5.41, 5.74) is 0.771. The van der Waals surface area contributed by atoms with E-state index in [0.717, 1.165) is 5.56 Å². The Hall–Kier alpha value is -1.20. The van der Waals surface area contributed by atoms with Crippen molar-refractivity contribution in [2.45, 2.75) is 32.1 Å². The van der Waals surface area contributed by atoms with Gasteiger partial charge in [0, 0.05) is 17.9 Å². The van der Waals surface area contributed by atoms with Crippen molar-refractivity contribution in [3.63, 3.8) is 0 Å². The fourth-order valence-electron chi connectivity index (χ4n) is 2.29. The zero-order valence-corrected chi connectivity index (χ0v) is 11.7. The molecule has 0 aromatic heterocycles. The quantitative estimate of drug-likeness (QED) is 0.588. The first-order chi connectivity index (χ1) is 9.29. The van der Waals surface area contributed by atoms with E-state index in [0.29, 0.717) is 30.6 Å². The average Bonchev–Trinajstić information content (AvgIpc) is 2.92. The summed E-state index contributed by atoms with van der Waals surface area (Å²) >= 11 is 5.56. The van der Waals surface area contributed by atoms with Gasteiger partial charge in [-0.25, -0.2) is 4.39 Å². The Balaban J connectivity index is 1.98. The molecule has 0 saturated heterocycles. The number of benzene rings is 1. The van der Waals surface area contributed by atoms with Gasteiger partial charge in [-0.05, 0) is 37.0 Å². The van der Waals surface area contributed by atoms with E-state index in [-0.39, 0.29) is 5.82 Å². The molecule has 1 fully saturated rings. The third kappa shape index (κ3) is 4.44. The molecule has 0 heterocycles. The maximum Gasteiger partial charge on any atom is 0.165 e. The smallest absolute Gasteiger partial charge is 0.165 e. The van der Waals surface area contributed by atoms with E-state index >= 15 is 0 Å². The first kappa shape index (κ1) is 14.2. The highest BCUT2D eigenvalue weighted by Crippen LogP contribution is 2.26. The number of rotatable bonds is 4. The zero-order valence-electron chi connectivity index (χ0n) is 10.9. The van der Waals surface area contributed by atoms with Crippen LogP contribution >= 0.6 is 11.6 Å². The molecule has 19 heavy (non-hydrogen) atoms. The molecule has 0 spiro atoms. The molecule has 1 aromatic rings. The van der Waals surface area contributed by atoms with Crippen LogP contribution in [0.3, 0.4) is 0 Å². The molecule has 3 heteroatoms. The monoisotopic (exact) mass is 280 g/mol. The van der Waals surface area contributed by atoms with Gasteiger partial charge in [0.05, 0.1) is 6.61 Å². The normalized spacial score (nSPS) is 15.1. The number of ether oxygens (including phenoxy) is 1. The summed E-state index contributed by atoms with van der Waals surface area (Å²) < 4.78 is 19.2. The summed E-state index contributed by atoms with van der Waals surface area (Å²) in [6.45, 7) is 0.607. The minimum Gasteiger partial charge on any atom is -0.490 e. The van der Waals surface area contributed by atoms with Gasteiger partial charge in [0.25, 0.3) is 0 Å². The molecule has 0 aliphatic heterocycles. The van der Waals surface area contributed by atoms with Crippen molar-refractivity contribution < 1.29 is 9.13 Å². The van der Waals surface area contributed by atoms with Crippen molar-refractivity contribution in [3.05, 3.63) is 29.6 Å². The van der Waals surface area contributed by atoms with Gasteiger partial charge in [-0.1, -0.05) is 24.7 Å². The van der Waals surface area contributed by atoms with Crippen molar-refractivity contribution in [2.24, 2.45) is 5.92 Å². The summed E-state index contributed by atoms with van der Waals surface area (Å²) in [6.07, 6.45) is 5.55. The molecule has 0 bridgehead atoms.